The first-order valence-corrected chi connectivity index (χ1v) is 4.76. The minimum Gasteiger partial charge on any atom is -0.390 e. The van der Waals surface area contributed by atoms with Gasteiger partial charge in [-0.1, -0.05) is 0 Å². The third kappa shape index (κ3) is 2.03. The van der Waals surface area contributed by atoms with Crippen LogP contribution < -0.4 is 11.4 Å². The fourth-order valence-corrected chi connectivity index (χ4v) is 1.50. The fraction of sp³-hybridized carbons (Fsp3) is 0.625. The summed E-state index contributed by atoms with van der Waals surface area (Å²) in [6.07, 6.45) is -1.22. The molecule has 2 heterocycles. The average Bonchev–Trinajstić information content (AvgIpc) is 2.22. The molecule has 8 heteroatoms. The highest BCUT2D eigenvalue weighted by atomic mass is 16.5. The quantitative estimate of drug-likeness (QED) is 0.501. The van der Waals surface area contributed by atoms with Gasteiger partial charge in [-0.25, -0.2) is 9.78 Å². The standard InChI is InChI=1S/C8H12N4O4/c9-7-10-3-12(8(15)11-7)6-1-4(13)5(14)2-16-6/h3-6,13-14H,1-2H2,(H2,9,11,15)/t4-,5+,6?/m0/s1. The van der Waals surface area contributed by atoms with Gasteiger partial charge in [-0.05, 0) is 0 Å². The van der Waals surface area contributed by atoms with Crippen LogP contribution in [-0.4, -0.2) is 43.6 Å². The summed E-state index contributed by atoms with van der Waals surface area (Å²) in [4.78, 5) is 18.5. The Morgan fingerprint density at radius 1 is 1.50 bits per heavy atom. The zero-order valence-electron chi connectivity index (χ0n) is 8.35. The highest BCUT2D eigenvalue weighted by Gasteiger charge is 2.29. The van der Waals surface area contributed by atoms with Crippen LogP contribution in [0.15, 0.2) is 11.1 Å². The average molecular weight is 228 g/mol. The Morgan fingerprint density at radius 2 is 2.25 bits per heavy atom. The van der Waals surface area contributed by atoms with Crippen LogP contribution in [0.4, 0.5) is 5.95 Å². The first-order valence-electron chi connectivity index (χ1n) is 4.76. The normalized spacial score (nSPS) is 30.2. The first kappa shape index (κ1) is 11.0. The Labute approximate surface area is 90.3 Å². The molecule has 1 aliphatic rings. The van der Waals surface area contributed by atoms with Gasteiger partial charge in [0.1, 0.15) is 18.7 Å². The number of hydrogen-bond acceptors (Lipinski definition) is 7. The van der Waals surface area contributed by atoms with Crippen LogP contribution in [0.25, 0.3) is 0 Å². The Hall–Kier alpha value is -1.51. The van der Waals surface area contributed by atoms with Crippen LogP contribution in [0.2, 0.25) is 0 Å². The third-order valence-corrected chi connectivity index (χ3v) is 2.40. The van der Waals surface area contributed by atoms with Gasteiger partial charge < -0.3 is 20.7 Å². The monoisotopic (exact) mass is 228 g/mol. The smallest absolute Gasteiger partial charge is 0.354 e. The second kappa shape index (κ2) is 4.16. The lowest BCUT2D eigenvalue weighted by Crippen LogP contribution is -2.42. The SMILES string of the molecule is Nc1ncn(C2C[C@H](O)[C@H](O)CO2)c(=O)n1. The van der Waals surface area contributed by atoms with Gasteiger partial charge in [0.15, 0.2) is 0 Å². The molecule has 4 N–H and O–H groups in total. The predicted octanol–water partition coefficient (Wildman–Crippen LogP) is -2.14. The molecule has 0 radical (unpaired) electrons. The molecule has 0 bridgehead atoms. The van der Waals surface area contributed by atoms with Crippen molar-refractivity contribution in [3.05, 3.63) is 16.8 Å². The maximum atomic E-state index is 11.4. The fourth-order valence-electron chi connectivity index (χ4n) is 1.50. The van der Waals surface area contributed by atoms with Crippen LogP contribution in [0.5, 0.6) is 0 Å². The molecule has 0 aromatic carbocycles. The summed E-state index contributed by atoms with van der Waals surface area (Å²) < 4.78 is 6.33. The largest absolute Gasteiger partial charge is 0.390 e. The summed E-state index contributed by atoms with van der Waals surface area (Å²) in [5.74, 6) is -0.113. The van der Waals surface area contributed by atoms with Gasteiger partial charge in [-0.3, -0.25) is 4.57 Å². The summed E-state index contributed by atoms with van der Waals surface area (Å²) in [7, 11) is 0. The van der Waals surface area contributed by atoms with E-state index >= 15 is 0 Å². The van der Waals surface area contributed by atoms with E-state index in [1.54, 1.807) is 0 Å². The number of hydrogen-bond donors (Lipinski definition) is 3. The number of ether oxygens (including phenoxy) is 1. The van der Waals surface area contributed by atoms with Gasteiger partial charge in [-0.2, -0.15) is 4.98 Å². The minimum atomic E-state index is -0.929. The van der Waals surface area contributed by atoms with E-state index in [1.165, 1.54) is 6.33 Å². The molecule has 1 aromatic heterocycles. The summed E-state index contributed by atoms with van der Waals surface area (Å²) in [6.45, 7) is -0.0390. The molecule has 8 nitrogen and oxygen atoms in total. The molecule has 3 atom stereocenters. The zero-order valence-corrected chi connectivity index (χ0v) is 8.35. The van der Waals surface area contributed by atoms with Crippen molar-refractivity contribution in [2.24, 2.45) is 0 Å². The number of aliphatic hydroxyl groups excluding tert-OH is 2. The van der Waals surface area contributed by atoms with Crippen molar-refractivity contribution < 1.29 is 14.9 Å². The maximum absolute atomic E-state index is 11.4. The molecule has 0 amide bonds. The van der Waals surface area contributed by atoms with Crippen LogP contribution >= 0.6 is 0 Å². The molecule has 1 aliphatic heterocycles. The van der Waals surface area contributed by atoms with Crippen LogP contribution in [0.1, 0.15) is 12.6 Å². The molecule has 1 fully saturated rings. The summed E-state index contributed by atoms with van der Waals surface area (Å²) in [5, 5.41) is 18.7. The van der Waals surface area contributed by atoms with Crippen molar-refractivity contribution in [2.45, 2.75) is 24.9 Å². The number of nitrogens with two attached hydrogens (primary N) is 1. The van der Waals surface area contributed by atoms with Gasteiger partial charge in [0.05, 0.1) is 12.7 Å². The predicted molar refractivity (Wildman–Crippen MR) is 52.3 cm³/mol. The first-order chi connectivity index (χ1) is 7.58. The van der Waals surface area contributed by atoms with E-state index in [9.17, 15) is 15.0 Å². The van der Waals surface area contributed by atoms with E-state index in [0.29, 0.717) is 0 Å². The maximum Gasteiger partial charge on any atom is 0.354 e. The third-order valence-electron chi connectivity index (χ3n) is 2.40. The van der Waals surface area contributed by atoms with Gasteiger partial charge in [0.2, 0.25) is 5.95 Å². The Morgan fingerprint density at radius 3 is 2.88 bits per heavy atom. The van der Waals surface area contributed by atoms with Gasteiger partial charge in [-0.15, -0.1) is 0 Å². The van der Waals surface area contributed by atoms with Crippen molar-refractivity contribution in [2.75, 3.05) is 12.3 Å². The molecule has 88 valence electrons. The van der Waals surface area contributed by atoms with Crippen molar-refractivity contribution in [3.63, 3.8) is 0 Å². The van der Waals surface area contributed by atoms with Crippen molar-refractivity contribution in [1.82, 2.24) is 14.5 Å². The van der Waals surface area contributed by atoms with E-state index in [0.717, 1.165) is 4.57 Å². The molecule has 1 saturated heterocycles. The molecule has 0 saturated carbocycles. The van der Waals surface area contributed by atoms with Crippen LogP contribution in [0, 0.1) is 0 Å². The zero-order chi connectivity index (χ0) is 11.7. The Kier molecular flexibility index (Phi) is 2.86. The molecular formula is C8H12N4O4. The lowest BCUT2D eigenvalue weighted by molar-refractivity contribution is -0.146. The van der Waals surface area contributed by atoms with Gasteiger partial charge in [0.25, 0.3) is 0 Å². The van der Waals surface area contributed by atoms with E-state index in [2.05, 4.69) is 9.97 Å². The van der Waals surface area contributed by atoms with Crippen molar-refractivity contribution in [3.8, 4) is 0 Å². The van der Waals surface area contributed by atoms with Crippen LogP contribution in [0.3, 0.4) is 0 Å². The van der Waals surface area contributed by atoms with E-state index in [1.807, 2.05) is 0 Å². The topological polar surface area (TPSA) is 123 Å². The number of nitrogen functional groups attached to an aromatic ring is 1. The van der Waals surface area contributed by atoms with E-state index in [-0.39, 0.29) is 19.0 Å². The van der Waals surface area contributed by atoms with E-state index in [4.69, 9.17) is 10.5 Å². The number of anilines is 1. The molecule has 0 spiro atoms. The number of aliphatic hydroxyl groups is 2. The molecule has 0 aliphatic carbocycles. The Balaban J connectivity index is 2.22. The lowest BCUT2D eigenvalue weighted by Gasteiger charge is -2.30. The highest BCUT2D eigenvalue weighted by Crippen LogP contribution is 2.21. The number of aromatic nitrogens is 3. The Bertz CT molecular complexity index is 434. The molecule has 2 rings (SSSR count). The van der Waals surface area contributed by atoms with Crippen molar-refractivity contribution >= 4 is 5.95 Å². The highest BCUT2D eigenvalue weighted by molar-refractivity contribution is 5.09. The molecular weight excluding hydrogens is 216 g/mol. The molecule has 1 unspecified atom stereocenters. The molecule has 1 aromatic rings. The van der Waals surface area contributed by atoms with E-state index < -0.39 is 24.1 Å². The lowest BCUT2D eigenvalue weighted by atomic mass is 10.1. The molecule has 16 heavy (non-hydrogen) atoms. The number of nitrogens with zero attached hydrogens (tertiary/aromatic N) is 3. The van der Waals surface area contributed by atoms with Gasteiger partial charge >= 0.3 is 5.69 Å². The summed E-state index contributed by atoms with van der Waals surface area (Å²) in [6, 6.07) is 0. The number of rotatable bonds is 1. The second-order valence-corrected chi connectivity index (χ2v) is 3.56. The second-order valence-electron chi connectivity index (χ2n) is 3.56. The summed E-state index contributed by atoms with van der Waals surface area (Å²) >= 11 is 0. The van der Waals surface area contributed by atoms with Crippen molar-refractivity contribution in [1.29, 1.82) is 0 Å². The van der Waals surface area contributed by atoms with Crippen LogP contribution in [-0.2, 0) is 4.74 Å². The summed E-state index contributed by atoms with van der Waals surface area (Å²) in [5.41, 5.74) is 4.64. The van der Waals surface area contributed by atoms with Gasteiger partial charge in [0, 0.05) is 6.42 Å². The minimum absolute atomic E-state index is 0.0390.